The van der Waals surface area contributed by atoms with Crippen LogP contribution in [0.3, 0.4) is 0 Å². The highest BCUT2D eigenvalue weighted by Crippen LogP contribution is 2.24. The summed E-state index contributed by atoms with van der Waals surface area (Å²) in [5.74, 6) is -0.455. The number of benzene rings is 1. The number of rotatable bonds is 5. The standard InChI is InChI=1S/C15H21N3O2/c16-8-4-3-7-14(19)18-10-12-6-2-1-5-11(12)9-13(18)15(17)20/h1-2,5-6,13H,3-4,7-10,16H2,(H2,17,20)/t13-/m0/s1. The van der Waals surface area contributed by atoms with E-state index in [1.165, 1.54) is 0 Å². The van der Waals surface area contributed by atoms with Gasteiger partial charge in [0.05, 0.1) is 0 Å². The van der Waals surface area contributed by atoms with Crippen LogP contribution in [0, 0.1) is 0 Å². The summed E-state index contributed by atoms with van der Waals surface area (Å²) >= 11 is 0. The van der Waals surface area contributed by atoms with Gasteiger partial charge in [0.1, 0.15) is 6.04 Å². The summed E-state index contributed by atoms with van der Waals surface area (Å²) in [4.78, 5) is 25.5. The number of nitrogens with zero attached hydrogens (tertiary/aromatic N) is 1. The second kappa shape index (κ2) is 6.52. The van der Waals surface area contributed by atoms with Crippen LogP contribution in [0.25, 0.3) is 0 Å². The van der Waals surface area contributed by atoms with Crippen molar-refractivity contribution in [1.82, 2.24) is 4.90 Å². The van der Waals surface area contributed by atoms with Gasteiger partial charge in [-0.25, -0.2) is 0 Å². The number of primary amides is 1. The van der Waals surface area contributed by atoms with Crippen molar-refractivity contribution in [3.63, 3.8) is 0 Å². The molecule has 2 rings (SSSR count). The van der Waals surface area contributed by atoms with Crippen LogP contribution in [0.1, 0.15) is 30.4 Å². The van der Waals surface area contributed by atoms with Gasteiger partial charge in [0.2, 0.25) is 11.8 Å². The smallest absolute Gasteiger partial charge is 0.240 e. The zero-order valence-electron chi connectivity index (χ0n) is 11.5. The zero-order valence-corrected chi connectivity index (χ0v) is 11.5. The molecule has 0 spiro atoms. The SMILES string of the molecule is NCCCCC(=O)N1Cc2ccccc2C[C@H]1C(N)=O. The number of fused-ring (bicyclic) bond motifs is 1. The van der Waals surface area contributed by atoms with E-state index < -0.39 is 11.9 Å². The largest absolute Gasteiger partial charge is 0.368 e. The maximum atomic E-state index is 12.3. The molecule has 1 aromatic rings. The van der Waals surface area contributed by atoms with Gasteiger partial charge in [-0.2, -0.15) is 0 Å². The van der Waals surface area contributed by atoms with E-state index in [0.717, 1.165) is 24.0 Å². The Bertz CT molecular complexity index is 502. The third-order valence-corrected chi connectivity index (χ3v) is 3.74. The van der Waals surface area contributed by atoms with Crippen LogP contribution >= 0.6 is 0 Å². The van der Waals surface area contributed by atoms with Crippen molar-refractivity contribution in [3.05, 3.63) is 35.4 Å². The van der Waals surface area contributed by atoms with Crippen LogP contribution in [0.5, 0.6) is 0 Å². The predicted molar refractivity (Wildman–Crippen MR) is 76.6 cm³/mol. The van der Waals surface area contributed by atoms with Crippen LogP contribution in [-0.4, -0.2) is 29.3 Å². The molecule has 0 aliphatic carbocycles. The minimum Gasteiger partial charge on any atom is -0.368 e. The van der Waals surface area contributed by atoms with Crippen LogP contribution in [0.2, 0.25) is 0 Å². The third kappa shape index (κ3) is 3.17. The van der Waals surface area contributed by atoms with E-state index in [1.807, 2.05) is 24.3 Å². The van der Waals surface area contributed by atoms with Crippen molar-refractivity contribution < 1.29 is 9.59 Å². The first-order valence-corrected chi connectivity index (χ1v) is 6.99. The Kier molecular flexibility index (Phi) is 4.74. The highest BCUT2D eigenvalue weighted by molar-refractivity contribution is 5.87. The number of nitrogens with two attached hydrogens (primary N) is 2. The van der Waals surface area contributed by atoms with Gasteiger partial charge in [-0.1, -0.05) is 24.3 Å². The fourth-order valence-electron chi connectivity index (χ4n) is 2.60. The van der Waals surface area contributed by atoms with Crippen molar-refractivity contribution in [3.8, 4) is 0 Å². The van der Waals surface area contributed by atoms with Crippen molar-refractivity contribution in [2.75, 3.05) is 6.54 Å². The molecule has 0 fully saturated rings. The molecule has 0 saturated carbocycles. The molecule has 1 atom stereocenters. The van der Waals surface area contributed by atoms with Gasteiger partial charge >= 0.3 is 0 Å². The number of unbranched alkanes of at least 4 members (excludes halogenated alkanes) is 1. The molecular weight excluding hydrogens is 254 g/mol. The maximum absolute atomic E-state index is 12.3. The number of carbonyl (C=O) groups is 2. The summed E-state index contributed by atoms with van der Waals surface area (Å²) in [6.07, 6.45) is 2.49. The van der Waals surface area contributed by atoms with Gasteiger partial charge in [0, 0.05) is 19.4 Å². The van der Waals surface area contributed by atoms with Gasteiger partial charge in [-0.15, -0.1) is 0 Å². The Morgan fingerprint density at radius 2 is 1.90 bits per heavy atom. The summed E-state index contributed by atoms with van der Waals surface area (Å²) in [6.45, 7) is 1.04. The van der Waals surface area contributed by atoms with Crippen LogP contribution in [-0.2, 0) is 22.6 Å². The molecular formula is C15H21N3O2. The molecule has 5 nitrogen and oxygen atoms in total. The van der Waals surface area contributed by atoms with E-state index in [9.17, 15) is 9.59 Å². The zero-order chi connectivity index (χ0) is 14.5. The molecule has 20 heavy (non-hydrogen) atoms. The highest BCUT2D eigenvalue weighted by Gasteiger charge is 2.32. The van der Waals surface area contributed by atoms with E-state index in [4.69, 9.17) is 11.5 Å². The lowest BCUT2D eigenvalue weighted by atomic mass is 9.93. The lowest BCUT2D eigenvalue weighted by Gasteiger charge is -2.35. The summed E-state index contributed by atoms with van der Waals surface area (Å²) in [5.41, 5.74) is 13.1. The minimum atomic E-state index is -0.532. The van der Waals surface area contributed by atoms with Gasteiger partial charge in [-0.3, -0.25) is 9.59 Å². The fourth-order valence-corrected chi connectivity index (χ4v) is 2.60. The van der Waals surface area contributed by atoms with Gasteiger partial charge in [0.25, 0.3) is 0 Å². The Hall–Kier alpha value is -1.88. The number of amides is 2. The first-order chi connectivity index (χ1) is 9.63. The lowest BCUT2D eigenvalue weighted by molar-refractivity contribution is -0.140. The predicted octanol–water partition coefficient (Wildman–Crippen LogP) is 0.554. The van der Waals surface area contributed by atoms with Crippen molar-refractivity contribution in [2.24, 2.45) is 11.5 Å². The fraction of sp³-hybridized carbons (Fsp3) is 0.467. The second-order valence-electron chi connectivity index (χ2n) is 5.16. The molecule has 0 aromatic heterocycles. The third-order valence-electron chi connectivity index (χ3n) is 3.74. The quantitative estimate of drug-likeness (QED) is 0.769. The molecule has 0 unspecified atom stereocenters. The van der Waals surface area contributed by atoms with E-state index in [0.29, 0.717) is 25.9 Å². The average Bonchev–Trinajstić information content (AvgIpc) is 2.46. The summed E-state index contributed by atoms with van der Waals surface area (Å²) in [7, 11) is 0. The Labute approximate surface area is 118 Å². The van der Waals surface area contributed by atoms with Gasteiger partial charge in [0.15, 0.2) is 0 Å². The van der Waals surface area contributed by atoms with Gasteiger partial charge in [-0.05, 0) is 30.5 Å². The Morgan fingerprint density at radius 3 is 2.55 bits per heavy atom. The first kappa shape index (κ1) is 14.5. The molecule has 5 heteroatoms. The molecule has 1 aliphatic rings. The van der Waals surface area contributed by atoms with E-state index in [2.05, 4.69) is 0 Å². The molecule has 2 amide bonds. The molecule has 1 aromatic carbocycles. The number of carbonyl (C=O) groups excluding carboxylic acids is 2. The molecule has 0 radical (unpaired) electrons. The topological polar surface area (TPSA) is 89.4 Å². The molecule has 108 valence electrons. The monoisotopic (exact) mass is 275 g/mol. The normalized spacial score (nSPS) is 17.6. The van der Waals surface area contributed by atoms with E-state index in [-0.39, 0.29) is 5.91 Å². The maximum Gasteiger partial charge on any atom is 0.240 e. The van der Waals surface area contributed by atoms with Crippen LogP contribution in [0.15, 0.2) is 24.3 Å². The van der Waals surface area contributed by atoms with Crippen molar-refractivity contribution >= 4 is 11.8 Å². The molecule has 1 heterocycles. The Balaban J connectivity index is 2.13. The molecule has 4 N–H and O–H groups in total. The van der Waals surface area contributed by atoms with Crippen LogP contribution < -0.4 is 11.5 Å². The molecule has 1 aliphatic heterocycles. The molecule has 0 bridgehead atoms. The summed E-state index contributed by atoms with van der Waals surface area (Å²) in [6, 6.07) is 7.33. The number of hydrogen-bond donors (Lipinski definition) is 2. The van der Waals surface area contributed by atoms with E-state index in [1.54, 1.807) is 4.90 Å². The van der Waals surface area contributed by atoms with Crippen LogP contribution in [0.4, 0.5) is 0 Å². The first-order valence-electron chi connectivity index (χ1n) is 6.99. The number of hydrogen-bond acceptors (Lipinski definition) is 3. The summed E-state index contributed by atoms with van der Waals surface area (Å²) in [5, 5.41) is 0. The molecule has 0 saturated heterocycles. The lowest BCUT2D eigenvalue weighted by Crippen LogP contribution is -2.51. The summed E-state index contributed by atoms with van der Waals surface area (Å²) < 4.78 is 0. The highest BCUT2D eigenvalue weighted by atomic mass is 16.2. The van der Waals surface area contributed by atoms with Gasteiger partial charge < -0.3 is 16.4 Å². The second-order valence-corrected chi connectivity index (χ2v) is 5.16. The Morgan fingerprint density at radius 1 is 1.20 bits per heavy atom. The van der Waals surface area contributed by atoms with E-state index >= 15 is 0 Å². The van der Waals surface area contributed by atoms with Crippen molar-refractivity contribution in [2.45, 2.75) is 38.3 Å². The van der Waals surface area contributed by atoms with Crippen molar-refractivity contribution in [1.29, 1.82) is 0 Å². The minimum absolute atomic E-state index is 0.0169. The average molecular weight is 275 g/mol.